The van der Waals surface area contributed by atoms with Crippen LogP contribution >= 0.6 is 97.7 Å². The second-order valence-corrected chi connectivity index (χ2v) is 52.6. The average Bonchev–Trinajstić information content (AvgIpc) is 0.757. The third-order valence-corrected chi connectivity index (χ3v) is 29.1. The van der Waals surface area contributed by atoms with Crippen LogP contribution in [0.2, 0.25) is 0 Å². The predicted molar refractivity (Wildman–Crippen MR) is 656 cm³/mol. The number of hydrogen-bond donors (Lipinski definition) is 2. The molecule has 0 saturated carbocycles. The molecule has 144 heavy (non-hydrogen) atoms. The quantitative estimate of drug-likeness (QED) is 0.0270. The highest BCUT2D eigenvalue weighted by atomic mass is 32.1. The van der Waals surface area contributed by atoms with Crippen LogP contribution in [0.15, 0.2) is 38.4 Å². The van der Waals surface area contributed by atoms with E-state index in [1.807, 2.05) is 104 Å². The molecule has 0 amide bonds. The number of hydrogen-bond acceptors (Lipinski definition) is 28. The zero-order valence-corrected chi connectivity index (χ0v) is 105. The monoisotopic (exact) mass is 2140 g/mol. The minimum atomic E-state index is 0.0140. The summed E-state index contributed by atoms with van der Waals surface area (Å²) in [7, 11) is 19.7. The summed E-state index contributed by atoms with van der Waals surface area (Å²) in [6.45, 7) is 80.9. The third kappa shape index (κ3) is 43.5. The molecule has 0 unspecified atom stereocenters. The zero-order valence-electron chi connectivity index (χ0n) is 98.0. The van der Waals surface area contributed by atoms with Gasteiger partial charge in [0, 0.05) is 171 Å². The van der Waals surface area contributed by atoms with E-state index in [-0.39, 0.29) is 48.8 Å². The minimum Gasteiger partial charge on any atom is -0.384 e. The van der Waals surface area contributed by atoms with Gasteiger partial charge >= 0.3 is 0 Å². The second-order valence-electron chi connectivity index (χ2n) is 49.3. The summed E-state index contributed by atoms with van der Waals surface area (Å²) in [5, 5.41) is 6.36. The Hall–Kier alpha value is -6.40. The molecule has 0 heterocycles. The minimum absolute atomic E-state index is 0.0140. The van der Waals surface area contributed by atoms with Crippen molar-refractivity contribution in [1.82, 2.24) is 0 Å². The van der Waals surface area contributed by atoms with Crippen molar-refractivity contribution in [2.45, 2.75) is 363 Å². The zero-order chi connectivity index (χ0) is 112. The first-order valence-corrected chi connectivity index (χ1v) is 56.5. The van der Waals surface area contributed by atoms with Crippen LogP contribution in [0.3, 0.4) is 0 Å². The summed E-state index contributed by atoms with van der Waals surface area (Å²) in [6.07, 6.45) is 23.9. The van der Waals surface area contributed by atoms with Crippen molar-refractivity contribution in [2.75, 3.05) is 209 Å². The molecule has 0 saturated heterocycles. The van der Waals surface area contributed by atoms with E-state index in [2.05, 4.69) is 248 Å². The largest absolute Gasteiger partial charge is 0.384 e. The first kappa shape index (κ1) is 136. The van der Waals surface area contributed by atoms with Crippen LogP contribution in [-0.2, 0) is 25.7 Å². The molecule has 8 aromatic carbocycles. The molecule has 0 aliphatic carbocycles. The SMILES string of the molecule is CCN(C)c1c(CCCC(C)(C)C)c(=O)c1=S.CCN(C)c1c(N(C)CCCCC(C)(C)C)c(=O)c1=S.CCN(CC)c1c(CCCC(C)(C)C)c(=O)c1=S.CCN(CC)c1c(N(C)CCCCC(C)(C)C)c(=O)c1=S.CCNc1c(CCCC(C)(C)C)c(=O)c1=S.CCNc1c(N(C)CCCCC(C)(C)C)c(=O)c1=S.CN(C)c1c(CCCC(C)(C)C)c(=O)c1=S.CN(C)c1c(N(C)CCC(C)(C)C)c(=O)c1=S. The van der Waals surface area contributed by atoms with Crippen molar-refractivity contribution in [3.63, 3.8) is 0 Å². The van der Waals surface area contributed by atoms with Crippen molar-refractivity contribution >= 4 is 166 Å². The molecule has 0 fully saturated rings. The molecular formula is C116H196N12O8S8. The smallest absolute Gasteiger partial charge is 0.224 e. The third-order valence-electron chi connectivity index (χ3n) is 26.0. The van der Waals surface area contributed by atoms with E-state index < -0.39 is 0 Å². The van der Waals surface area contributed by atoms with Gasteiger partial charge in [-0.1, -0.05) is 283 Å². The van der Waals surface area contributed by atoms with E-state index in [1.165, 1.54) is 38.5 Å². The van der Waals surface area contributed by atoms with Crippen molar-refractivity contribution in [3.05, 3.63) is 140 Å². The Morgan fingerprint density at radius 1 is 0.201 bits per heavy atom. The molecule has 0 aliphatic rings. The Balaban J connectivity index is 0.000000824. The van der Waals surface area contributed by atoms with Gasteiger partial charge in [0.25, 0.3) is 0 Å². The maximum absolute atomic E-state index is 12.1. The number of nitrogens with zero attached hydrogens (tertiary/aromatic N) is 10. The van der Waals surface area contributed by atoms with Gasteiger partial charge in [-0.2, -0.15) is 0 Å². The van der Waals surface area contributed by atoms with Gasteiger partial charge in [0.2, 0.25) is 43.4 Å². The lowest BCUT2D eigenvalue weighted by molar-refractivity contribution is 0.361. The highest BCUT2D eigenvalue weighted by molar-refractivity contribution is 7.73. The Bertz CT molecular complexity index is 5880. The van der Waals surface area contributed by atoms with E-state index in [1.54, 1.807) is 0 Å². The van der Waals surface area contributed by atoms with Crippen LogP contribution < -0.4 is 103 Å². The molecule has 0 atom stereocenters. The Morgan fingerprint density at radius 3 is 0.757 bits per heavy atom. The van der Waals surface area contributed by atoms with Crippen LogP contribution in [0.25, 0.3) is 0 Å². The van der Waals surface area contributed by atoms with Crippen molar-refractivity contribution in [2.24, 2.45) is 43.3 Å². The first-order chi connectivity index (χ1) is 66.0. The van der Waals surface area contributed by atoms with Gasteiger partial charge in [0.05, 0.1) is 45.5 Å². The van der Waals surface area contributed by atoms with Gasteiger partial charge in [-0.15, -0.1) is 0 Å². The summed E-state index contributed by atoms with van der Waals surface area (Å²) < 4.78 is 4.00. The lowest BCUT2D eigenvalue weighted by Gasteiger charge is -2.31. The van der Waals surface area contributed by atoms with Gasteiger partial charge in [-0.05, 0) is 221 Å². The van der Waals surface area contributed by atoms with E-state index in [4.69, 9.17) is 97.7 Å². The summed E-state index contributed by atoms with van der Waals surface area (Å²) in [4.78, 5) is 115. The lowest BCUT2D eigenvalue weighted by Crippen LogP contribution is -2.35. The van der Waals surface area contributed by atoms with Gasteiger partial charge in [-0.25, -0.2) is 0 Å². The fraction of sp³-hybridized carbons (Fsp3) is 0.724. The number of unbranched alkanes of at least 4 members (excludes halogenated alkanes) is 3. The van der Waals surface area contributed by atoms with Crippen molar-refractivity contribution in [3.8, 4) is 0 Å². The van der Waals surface area contributed by atoms with Gasteiger partial charge in [-0.3, -0.25) is 38.4 Å². The molecule has 0 spiro atoms. The maximum atomic E-state index is 12.1. The van der Waals surface area contributed by atoms with Gasteiger partial charge in [0.15, 0.2) is 0 Å². The predicted octanol–water partition coefficient (Wildman–Crippen LogP) is 28.1. The van der Waals surface area contributed by atoms with Crippen LogP contribution in [-0.4, -0.2) is 149 Å². The lowest BCUT2D eigenvalue weighted by atomic mass is 9.88. The molecular weight excluding hydrogens is 1950 g/mol. The molecule has 0 aromatic heterocycles. The van der Waals surface area contributed by atoms with E-state index >= 15 is 0 Å². The fourth-order valence-electron chi connectivity index (χ4n) is 17.1. The van der Waals surface area contributed by atoms with Crippen molar-refractivity contribution in [1.29, 1.82) is 0 Å². The van der Waals surface area contributed by atoms with E-state index in [9.17, 15) is 38.4 Å². The molecule has 8 aromatic rings. The van der Waals surface area contributed by atoms with Crippen LogP contribution in [0.1, 0.15) is 359 Å². The molecule has 0 radical (unpaired) electrons. The van der Waals surface area contributed by atoms with Crippen molar-refractivity contribution < 1.29 is 0 Å². The highest BCUT2D eigenvalue weighted by Crippen LogP contribution is 2.38. The molecule has 0 bridgehead atoms. The van der Waals surface area contributed by atoms with Crippen LogP contribution in [0, 0.1) is 79.4 Å². The number of nitrogens with one attached hydrogen (secondary N) is 2. The maximum Gasteiger partial charge on any atom is 0.224 e. The van der Waals surface area contributed by atoms with E-state index in [0.29, 0.717) is 74.0 Å². The standard InChI is InChI=1S/C17H30N2OS.C16H28N2OS.C15H26N2OS.C15H25NOS.C14H23NOS.C13H22N2OS.2C13H21NOS/c1-7-19(8-2)14-13(15(20)16(14)21)18(6)12-10-9-11-17(3,4)5;1-7-17(5)13-12(14(19)15(13)20)18(6)11-9-8-10-16(2,3)4;1-6-16-11-12(13(18)14(11)19)17(5)10-8-7-9-15(2,3)4;1-6-16(7-2)12-11(13(17)14(12)18)9-8-10-15(3,4)5;1-6-15(5)11-10(12(16)13(11)17)8-7-9-14(2,3)4;1-13(2,3)7-8-15(6)9-10(14(4)5)12(17)11(9)16;1-13(2,3)8-6-7-9-10(14(4)5)12(16)11(9)15;1-5-14-10-9(11(15)12(10)16)7-6-8-13(2,3)4/h7-12H2,1-6H3;7-11H2,1-6H3;16H,6-10H2,1-5H3;6-10H2,1-5H3;6-9H2,1-5H3;7-8H2,1-6H3;6-8H2,1-5H3;14H,5-8H2,1-4H3. The van der Waals surface area contributed by atoms with Gasteiger partial charge in [0.1, 0.15) is 58.8 Å². The molecule has 0 aliphatic heterocycles. The normalized spacial score (nSPS) is 12.0. The molecule has 28 heteroatoms. The summed E-state index contributed by atoms with van der Waals surface area (Å²) in [5.41, 5.74) is 17.9. The van der Waals surface area contributed by atoms with E-state index in [0.717, 1.165) is 272 Å². The second kappa shape index (κ2) is 60.6. The molecule has 8 rings (SSSR count). The number of anilines is 12. The first-order valence-electron chi connectivity index (χ1n) is 53.2. The summed E-state index contributed by atoms with van der Waals surface area (Å²) >= 11 is 41.0. The highest BCUT2D eigenvalue weighted by Gasteiger charge is 2.31. The summed E-state index contributed by atoms with van der Waals surface area (Å²) in [6, 6.07) is 0. The topological polar surface area (TPSA) is 193 Å². The Labute approximate surface area is 913 Å². The average molecular weight is 2140 g/mol. The van der Waals surface area contributed by atoms with Gasteiger partial charge < -0.3 is 59.6 Å². The Kier molecular flexibility index (Phi) is 57.1. The van der Waals surface area contributed by atoms with Crippen LogP contribution in [0.4, 0.5) is 68.2 Å². The number of rotatable bonds is 46. The Morgan fingerprint density at radius 2 is 0.431 bits per heavy atom. The van der Waals surface area contributed by atoms with Crippen LogP contribution in [0.5, 0.6) is 0 Å². The fourth-order valence-corrected chi connectivity index (χ4v) is 19.9. The molecule has 2 N–H and O–H groups in total. The molecule has 20 nitrogen and oxygen atoms in total. The summed E-state index contributed by atoms with van der Waals surface area (Å²) in [5.74, 6) is 0. The molecule has 816 valence electrons.